The third-order valence-corrected chi connectivity index (χ3v) is 7.78. The molecule has 0 bridgehead atoms. The highest BCUT2D eigenvalue weighted by Crippen LogP contribution is 2.49. The lowest BCUT2D eigenvalue weighted by Gasteiger charge is -2.43. The molecule has 3 rings (SSSR count). The van der Waals surface area contributed by atoms with Crippen LogP contribution in [0.1, 0.15) is 71.6 Å². The number of aliphatic hydroxyl groups is 2. The first kappa shape index (κ1) is 25.9. The van der Waals surface area contributed by atoms with E-state index in [-0.39, 0.29) is 18.8 Å². The average Bonchev–Trinajstić information content (AvgIpc) is 2.79. The fourth-order valence-electron chi connectivity index (χ4n) is 6.17. The van der Waals surface area contributed by atoms with Crippen molar-refractivity contribution in [2.45, 2.75) is 90.0 Å². The molecule has 0 aromatic carbocycles. The van der Waals surface area contributed by atoms with Crippen molar-refractivity contribution in [1.82, 2.24) is 0 Å². The van der Waals surface area contributed by atoms with Crippen molar-refractivity contribution in [1.29, 1.82) is 0 Å². The summed E-state index contributed by atoms with van der Waals surface area (Å²) in [7, 11) is 1.30. The average molecular weight is 461 g/mol. The lowest BCUT2D eigenvalue weighted by Crippen LogP contribution is -2.34. The monoisotopic (exact) mass is 460 g/mol. The topological polar surface area (TPSA) is 66.8 Å². The first-order chi connectivity index (χ1) is 15.8. The van der Waals surface area contributed by atoms with E-state index in [1.807, 2.05) is 0 Å². The van der Waals surface area contributed by atoms with Crippen molar-refractivity contribution in [3.63, 3.8) is 0 Å². The number of esters is 1. The lowest BCUT2D eigenvalue weighted by molar-refractivity contribution is -0.143. The maximum absolute atomic E-state index is 13.9. The van der Waals surface area contributed by atoms with Crippen LogP contribution >= 0.6 is 0 Å². The zero-order valence-corrected chi connectivity index (χ0v) is 20.4. The Labute approximate surface area is 198 Å². The first-order valence-electron chi connectivity index (χ1n) is 12.6. The van der Waals surface area contributed by atoms with Gasteiger partial charge in [0.15, 0.2) is 0 Å². The number of carbonyl (C=O) groups excluding carboxylic acids is 1. The first-order valence-corrected chi connectivity index (χ1v) is 12.6. The van der Waals surface area contributed by atoms with Crippen LogP contribution < -0.4 is 0 Å². The molecule has 2 N–H and O–H groups in total. The van der Waals surface area contributed by atoms with E-state index in [2.05, 4.69) is 42.9 Å². The summed E-state index contributed by atoms with van der Waals surface area (Å²) in [5, 5.41) is 20.7. The number of methoxy groups -OCH3 is 1. The van der Waals surface area contributed by atoms with Crippen molar-refractivity contribution in [3.05, 3.63) is 47.1 Å². The van der Waals surface area contributed by atoms with E-state index in [1.54, 1.807) is 6.08 Å². The van der Waals surface area contributed by atoms with E-state index in [0.717, 1.165) is 32.1 Å². The zero-order chi connectivity index (χ0) is 24.0. The van der Waals surface area contributed by atoms with Gasteiger partial charge in [-0.15, -0.1) is 0 Å². The van der Waals surface area contributed by atoms with Gasteiger partial charge in [0.2, 0.25) is 0 Å². The number of rotatable bonds is 9. The van der Waals surface area contributed by atoms with Crippen LogP contribution in [0, 0.1) is 23.7 Å². The van der Waals surface area contributed by atoms with Crippen molar-refractivity contribution in [3.8, 4) is 0 Å². The Morgan fingerprint density at radius 3 is 2.58 bits per heavy atom. The molecule has 7 atom stereocenters. The van der Waals surface area contributed by atoms with E-state index in [1.165, 1.54) is 23.8 Å². The Morgan fingerprint density at radius 1 is 1.15 bits per heavy atom. The summed E-state index contributed by atoms with van der Waals surface area (Å²) in [5.74, 6) is 0.969. The molecule has 0 radical (unpaired) electrons. The van der Waals surface area contributed by atoms with Crippen LogP contribution in [0.2, 0.25) is 0 Å². The van der Waals surface area contributed by atoms with Gasteiger partial charge in [-0.3, -0.25) is 4.79 Å². The highest BCUT2D eigenvalue weighted by Gasteiger charge is 2.39. The van der Waals surface area contributed by atoms with Crippen LogP contribution in [0.25, 0.3) is 0 Å². The van der Waals surface area contributed by atoms with Gasteiger partial charge in [-0.2, -0.15) is 0 Å². The molecule has 7 unspecified atom stereocenters. The summed E-state index contributed by atoms with van der Waals surface area (Å²) in [6, 6.07) is 0. The predicted molar refractivity (Wildman–Crippen MR) is 129 cm³/mol. The molecule has 0 aliphatic heterocycles. The molecule has 184 valence electrons. The molecule has 0 spiro atoms. The van der Waals surface area contributed by atoms with Gasteiger partial charge >= 0.3 is 5.97 Å². The Balaban J connectivity index is 1.77. The second kappa shape index (κ2) is 12.1. The molecule has 0 aromatic heterocycles. The van der Waals surface area contributed by atoms with Gasteiger partial charge in [0, 0.05) is 0 Å². The van der Waals surface area contributed by atoms with Crippen molar-refractivity contribution in [2.75, 3.05) is 7.11 Å². The zero-order valence-electron chi connectivity index (χ0n) is 20.4. The van der Waals surface area contributed by atoms with Crippen LogP contribution in [0.15, 0.2) is 47.1 Å². The minimum Gasteiger partial charge on any atom is -0.469 e. The van der Waals surface area contributed by atoms with Crippen molar-refractivity contribution < 1.29 is 24.1 Å². The number of aliphatic hydroxyl groups excluding tert-OH is 2. The number of hydrogen-bond acceptors (Lipinski definition) is 4. The highest BCUT2D eigenvalue weighted by molar-refractivity contribution is 5.69. The van der Waals surface area contributed by atoms with Gasteiger partial charge in [-0.25, -0.2) is 4.39 Å². The molecular formula is C28H41FO4. The number of hydrogen-bond donors (Lipinski definition) is 2. The molecule has 4 nitrogen and oxygen atoms in total. The lowest BCUT2D eigenvalue weighted by atomic mass is 9.62. The van der Waals surface area contributed by atoms with Gasteiger partial charge < -0.3 is 14.9 Å². The minimum absolute atomic E-state index is 0.100. The Morgan fingerprint density at radius 2 is 1.94 bits per heavy atom. The second-order valence-electron chi connectivity index (χ2n) is 10.2. The van der Waals surface area contributed by atoms with Gasteiger partial charge in [0.05, 0.1) is 25.7 Å². The second-order valence-corrected chi connectivity index (χ2v) is 10.2. The molecule has 3 aliphatic carbocycles. The van der Waals surface area contributed by atoms with Crippen molar-refractivity contribution in [2.24, 2.45) is 23.7 Å². The summed E-state index contributed by atoms with van der Waals surface area (Å²) in [5.41, 5.74) is 4.21. The van der Waals surface area contributed by atoms with E-state index >= 15 is 0 Å². The molecular weight excluding hydrogens is 419 g/mol. The summed E-state index contributed by atoms with van der Waals surface area (Å²) in [4.78, 5) is 11.4. The maximum atomic E-state index is 13.9. The van der Waals surface area contributed by atoms with Gasteiger partial charge in [-0.1, -0.05) is 47.1 Å². The molecule has 0 fully saturated rings. The number of ether oxygens (including phenoxy) is 1. The van der Waals surface area contributed by atoms with E-state index in [9.17, 15) is 19.4 Å². The molecule has 0 amide bonds. The predicted octanol–water partition coefficient (Wildman–Crippen LogP) is 5.61. The molecule has 0 aromatic rings. The summed E-state index contributed by atoms with van der Waals surface area (Å²) in [6.07, 6.45) is 14.5. The van der Waals surface area contributed by atoms with E-state index in [0.29, 0.717) is 30.6 Å². The SMILES string of the molecule is COC(=O)CC(O)CC(O)CCC1C(C)=CC(C)=C(C2CC=CCC2)C1C1C=CC(F)CC1. The Kier molecular flexibility index (Phi) is 9.51. The fourth-order valence-corrected chi connectivity index (χ4v) is 6.17. The van der Waals surface area contributed by atoms with Crippen LogP contribution in [-0.4, -0.2) is 41.7 Å². The molecule has 33 heavy (non-hydrogen) atoms. The van der Waals surface area contributed by atoms with Gasteiger partial charge in [0.1, 0.15) is 6.17 Å². The quantitative estimate of drug-likeness (QED) is 0.347. The standard InChI is InChI=1S/C28H41FO4/c1-18-15-19(2)27(20-7-5-4-6-8-20)28(21-9-11-22(29)12-10-21)25(18)14-13-23(30)16-24(31)17-26(32)33-3/h4-5,9,11,15,20-25,28,30-31H,6-8,10,12-14,16-17H2,1-3H3. The Hall–Kier alpha value is -1.72. The van der Waals surface area contributed by atoms with E-state index in [4.69, 9.17) is 0 Å². The van der Waals surface area contributed by atoms with Crippen molar-refractivity contribution >= 4 is 5.97 Å². The molecule has 5 heteroatoms. The van der Waals surface area contributed by atoms with Crippen LogP contribution in [-0.2, 0) is 9.53 Å². The Bertz CT molecular complexity index is 796. The summed E-state index contributed by atoms with van der Waals surface area (Å²) >= 11 is 0. The number of halogens is 1. The fraction of sp³-hybridized carbons (Fsp3) is 0.679. The number of alkyl halides is 1. The molecule has 0 saturated heterocycles. The normalized spacial score (nSPS) is 31.8. The molecule has 0 saturated carbocycles. The largest absolute Gasteiger partial charge is 0.469 e. The van der Waals surface area contributed by atoms with Gasteiger partial charge in [0.25, 0.3) is 0 Å². The van der Waals surface area contributed by atoms with E-state index < -0.39 is 24.3 Å². The highest BCUT2D eigenvalue weighted by atomic mass is 19.1. The molecule has 3 aliphatic rings. The smallest absolute Gasteiger partial charge is 0.308 e. The van der Waals surface area contributed by atoms with Crippen LogP contribution in [0.3, 0.4) is 0 Å². The maximum Gasteiger partial charge on any atom is 0.308 e. The summed E-state index contributed by atoms with van der Waals surface area (Å²) in [6.45, 7) is 4.41. The third-order valence-electron chi connectivity index (χ3n) is 7.78. The summed E-state index contributed by atoms with van der Waals surface area (Å²) < 4.78 is 18.5. The number of allylic oxidation sites excluding steroid dienone is 8. The minimum atomic E-state index is -0.902. The van der Waals surface area contributed by atoms with Crippen LogP contribution in [0.5, 0.6) is 0 Å². The number of carbonyl (C=O) groups is 1. The molecule has 0 heterocycles. The van der Waals surface area contributed by atoms with Crippen LogP contribution in [0.4, 0.5) is 4.39 Å². The third kappa shape index (κ3) is 6.89. The van der Waals surface area contributed by atoms with Gasteiger partial charge in [-0.05, 0) is 88.9 Å².